The van der Waals surface area contributed by atoms with Crippen molar-refractivity contribution in [2.45, 2.75) is 32.7 Å². The van der Waals surface area contributed by atoms with Crippen molar-refractivity contribution in [1.82, 2.24) is 10.1 Å². The Balaban J connectivity index is 1.57. The first kappa shape index (κ1) is 24.3. The number of halogens is 2. The quantitative estimate of drug-likeness (QED) is 0.439. The van der Waals surface area contributed by atoms with E-state index in [0.29, 0.717) is 17.2 Å². The predicted molar refractivity (Wildman–Crippen MR) is 133 cm³/mol. The van der Waals surface area contributed by atoms with Gasteiger partial charge < -0.3 is 15.2 Å². The molecule has 0 aliphatic carbocycles. The lowest BCUT2D eigenvalue weighted by atomic mass is 9.92. The van der Waals surface area contributed by atoms with E-state index in [1.165, 1.54) is 15.9 Å². The van der Waals surface area contributed by atoms with E-state index >= 15 is 0 Å². The number of nitrogens with one attached hydrogen (secondary N) is 3. The highest BCUT2D eigenvalue weighted by Crippen LogP contribution is 2.37. The average molecular weight is 502 g/mol. The van der Waals surface area contributed by atoms with Gasteiger partial charge in [-0.05, 0) is 12.1 Å². The first-order chi connectivity index (χ1) is 16.5. The van der Waals surface area contributed by atoms with Crippen LogP contribution in [0.2, 0.25) is 5.02 Å². The minimum Gasteiger partial charge on any atom is -0.373 e. The fourth-order valence-electron chi connectivity index (χ4n) is 3.55. The summed E-state index contributed by atoms with van der Waals surface area (Å²) in [6.45, 7) is 6.02. The summed E-state index contributed by atoms with van der Waals surface area (Å²) in [5.41, 5.74) is 1.92. The van der Waals surface area contributed by atoms with Crippen LogP contribution in [0.3, 0.4) is 0 Å². The van der Waals surface area contributed by atoms with Crippen molar-refractivity contribution in [3.8, 4) is 0 Å². The molecule has 1 aliphatic heterocycles. The van der Waals surface area contributed by atoms with Crippen LogP contribution in [0.1, 0.15) is 32.0 Å². The summed E-state index contributed by atoms with van der Waals surface area (Å²) in [4.78, 5) is 32.8. The molecule has 0 spiro atoms. The number of nitrogens with zero attached hydrogens (tertiary/aromatic N) is 4. The minimum atomic E-state index is -0.764. The highest BCUT2D eigenvalue weighted by atomic mass is 35.5. The monoisotopic (exact) mass is 501 g/mol. The first-order valence-corrected chi connectivity index (χ1v) is 11.1. The lowest BCUT2D eigenvalue weighted by Crippen LogP contribution is -2.45. The molecule has 4 rings (SSSR count). The number of pyridine rings is 1. The maximum absolute atomic E-state index is 14.7. The predicted octanol–water partition coefficient (Wildman–Crippen LogP) is 5.42. The molecule has 184 valence electrons. The molecule has 3 heterocycles. The van der Waals surface area contributed by atoms with E-state index in [1.54, 1.807) is 32.4 Å². The van der Waals surface area contributed by atoms with Crippen LogP contribution < -0.4 is 25.8 Å². The molecule has 0 atom stereocenters. The molecule has 2 aromatic heterocycles. The Bertz CT molecular complexity index is 1300. The Morgan fingerprint density at radius 1 is 1.17 bits per heavy atom. The van der Waals surface area contributed by atoms with Gasteiger partial charge in [0.25, 0.3) is 0 Å². The van der Waals surface area contributed by atoms with E-state index in [1.807, 2.05) is 20.8 Å². The molecule has 3 N–H and O–H groups in total. The van der Waals surface area contributed by atoms with Gasteiger partial charge in [0.1, 0.15) is 11.6 Å². The summed E-state index contributed by atoms with van der Waals surface area (Å²) in [5, 5.41) is 11.8. The molecule has 0 saturated carbocycles. The average Bonchev–Trinajstić information content (AvgIpc) is 3.27. The molecule has 0 fully saturated rings. The van der Waals surface area contributed by atoms with Gasteiger partial charge in [0.2, 0.25) is 5.88 Å². The third kappa shape index (κ3) is 4.85. The van der Waals surface area contributed by atoms with Crippen molar-refractivity contribution in [2.24, 2.45) is 0 Å². The van der Waals surface area contributed by atoms with Crippen LogP contribution in [0.4, 0.5) is 42.7 Å². The number of benzene rings is 1. The van der Waals surface area contributed by atoms with Crippen LogP contribution in [0.25, 0.3) is 0 Å². The van der Waals surface area contributed by atoms with Crippen molar-refractivity contribution in [1.29, 1.82) is 0 Å². The molecular weight excluding hydrogens is 477 g/mol. The van der Waals surface area contributed by atoms with Gasteiger partial charge in [-0.15, -0.1) is 0 Å². The minimum absolute atomic E-state index is 0.0171. The zero-order chi connectivity index (χ0) is 25.5. The number of carbonyl (C=O) groups excluding carboxylic acids is 2. The lowest BCUT2D eigenvalue weighted by molar-refractivity contribution is 0.251. The number of aromatic nitrogens is 2. The second-order valence-corrected chi connectivity index (χ2v) is 9.47. The third-order valence-corrected chi connectivity index (χ3v) is 5.82. The Hall–Kier alpha value is -3.86. The summed E-state index contributed by atoms with van der Waals surface area (Å²) in [6, 6.07) is 4.60. The van der Waals surface area contributed by atoms with Crippen molar-refractivity contribution in [3.63, 3.8) is 0 Å². The standard InChI is InChI=1S/C23H25ClFN7O3/c1-23(2,3)18-9-20(35-30-18)29-21(33)28-15-7-17(13(24)6-14(15)25)32-11-12-10-27-19(26-4)8-16(12)31(5)22(32)34/h6-10H,11H2,1-5H3,(H,26,27)(H2,28,29,33). The highest BCUT2D eigenvalue weighted by molar-refractivity contribution is 6.34. The number of anilines is 5. The Morgan fingerprint density at radius 3 is 2.57 bits per heavy atom. The fourth-order valence-corrected chi connectivity index (χ4v) is 3.80. The van der Waals surface area contributed by atoms with Crippen LogP contribution in [-0.2, 0) is 12.0 Å². The van der Waals surface area contributed by atoms with Gasteiger partial charge in [-0.3, -0.25) is 15.1 Å². The molecule has 4 amide bonds. The summed E-state index contributed by atoms with van der Waals surface area (Å²) in [7, 11) is 3.36. The van der Waals surface area contributed by atoms with E-state index in [9.17, 15) is 14.0 Å². The normalized spacial score (nSPS) is 13.5. The zero-order valence-corrected chi connectivity index (χ0v) is 20.6. The molecule has 1 aromatic carbocycles. The number of urea groups is 2. The molecule has 0 saturated heterocycles. The summed E-state index contributed by atoms with van der Waals surface area (Å²) >= 11 is 6.30. The number of fused-ring (bicyclic) bond motifs is 1. The van der Waals surface area contributed by atoms with E-state index in [0.717, 1.165) is 11.6 Å². The maximum atomic E-state index is 14.7. The van der Waals surface area contributed by atoms with Crippen LogP contribution in [-0.4, -0.2) is 36.3 Å². The van der Waals surface area contributed by atoms with Crippen molar-refractivity contribution >= 4 is 52.4 Å². The molecule has 0 radical (unpaired) electrons. The third-order valence-electron chi connectivity index (χ3n) is 5.52. The van der Waals surface area contributed by atoms with Crippen molar-refractivity contribution < 1.29 is 18.5 Å². The number of hydrogen-bond acceptors (Lipinski definition) is 6. The molecule has 1 aliphatic rings. The van der Waals surface area contributed by atoms with E-state index < -0.39 is 11.8 Å². The molecule has 10 nitrogen and oxygen atoms in total. The smallest absolute Gasteiger partial charge is 0.329 e. The molecule has 3 aromatic rings. The van der Waals surface area contributed by atoms with E-state index in [4.69, 9.17) is 16.1 Å². The summed E-state index contributed by atoms with van der Waals surface area (Å²) in [5.74, 6) is -0.0316. The largest absolute Gasteiger partial charge is 0.373 e. The number of amides is 4. The van der Waals surface area contributed by atoms with Gasteiger partial charge in [0.15, 0.2) is 0 Å². The van der Waals surface area contributed by atoms with Gasteiger partial charge in [0, 0.05) is 43.4 Å². The van der Waals surface area contributed by atoms with Crippen molar-refractivity contribution in [3.05, 3.63) is 52.6 Å². The number of hydrogen-bond donors (Lipinski definition) is 3. The van der Waals surface area contributed by atoms with E-state index in [-0.39, 0.29) is 40.3 Å². The molecule has 0 unspecified atom stereocenters. The van der Waals surface area contributed by atoms with Crippen LogP contribution in [0, 0.1) is 5.82 Å². The van der Waals surface area contributed by atoms with Gasteiger partial charge in [-0.25, -0.2) is 19.0 Å². The summed E-state index contributed by atoms with van der Waals surface area (Å²) in [6.07, 6.45) is 1.66. The van der Waals surface area contributed by atoms with Gasteiger partial charge in [0.05, 0.1) is 34.3 Å². The molecule has 12 heteroatoms. The molecular formula is C23H25ClFN7O3. The second kappa shape index (κ2) is 9.06. The van der Waals surface area contributed by atoms with Gasteiger partial charge in [-0.1, -0.05) is 37.5 Å². The lowest BCUT2D eigenvalue weighted by Gasteiger charge is -2.35. The first-order valence-electron chi connectivity index (χ1n) is 10.7. The number of rotatable bonds is 4. The highest BCUT2D eigenvalue weighted by Gasteiger charge is 2.31. The van der Waals surface area contributed by atoms with Crippen LogP contribution >= 0.6 is 11.6 Å². The second-order valence-electron chi connectivity index (χ2n) is 9.06. The number of carbonyl (C=O) groups is 2. The Morgan fingerprint density at radius 2 is 1.91 bits per heavy atom. The maximum Gasteiger partial charge on any atom is 0.329 e. The van der Waals surface area contributed by atoms with Gasteiger partial charge >= 0.3 is 12.1 Å². The summed E-state index contributed by atoms with van der Waals surface area (Å²) < 4.78 is 19.8. The van der Waals surface area contributed by atoms with Gasteiger partial charge in [-0.2, -0.15) is 0 Å². The fraction of sp³-hybridized carbons (Fsp3) is 0.304. The zero-order valence-electron chi connectivity index (χ0n) is 19.9. The molecule has 35 heavy (non-hydrogen) atoms. The van der Waals surface area contributed by atoms with E-state index in [2.05, 4.69) is 26.1 Å². The molecule has 0 bridgehead atoms. The SMILES string of the molecule is CNc1cc2c(cn1)CN(c1cc(NC(=O)Nc3cc(C(C)(C)C)no3)c(F)cc1Cl)C(=O)N2C. The Labute approximate surface area is 206 Å². The topological polar surface area (TPSA) is 116 Å². The van der Waals surface area contributed by atoms with Crippen LogP contribution in [0.5, 0.6) is 0 Å². The van der Waals surface area contributed by atoms with Crippen LogP contribution in [0.15, 0.2) is 35.0 Å². The Kier molecular flexibility index (Phi) is 6.28. The van der Waals surface area contributed by atoms with Crippen molar-refractivity contribution in [2.75, 3.05) is 39.8 Å².